The topological polar surface area (TPSA) is 72.5 Å². The quantitative estimate of drug-likeness (QED) is 0.681. The van der Waals surface area contributed by atoms with Gasteiger partial charge in [0.25, 0.3) is 5.91 Å². The zero-order valence-electron chi connectivity index (χ0n) is 14.5. The third-order valence-electron chi connectivity index (χ3n) is 4.09. The maximum atomic E-state index is 12.4. The number of carbonyl (C=O) groups excluding carboxylic acids is 1. The molecule has 0 bridgehead atoms. The van der Waals surface area contributed by atoms with Crippen molar-refractivity contribution in [2.45, 2.75) is 6.92 Å². The van der Waals surface area contributed by atoms with Gasteiger partial charge in [0.1, 0.15) is 5.69 Å². The van der Waals surface area contributed by atoms with Gasteiger partial charge in [0.15, 0.2) is 11.5 Å². The van der Waals surface area contributed by atoms with E-state index in [9.17, 15) is 4.79 Å². The van der Waals surface area contributed by atoms with Crippen LogP contribution in [0.1, 0.15) is 16.1 Å². The van der Waals surface area contributed by atoms with Gasteiger partial charge in [-0.25, -0.2) is 4.98 Å². The molecule has 2 aromatic carbocycles. The van der Waals surface area contributed by atoms with E-state index in [2.05, 4.69) is 15.6 Å². The number of aromatic nitrogens is 1. The maximum absolute atomic E-state index is 12.4. The zero-order chi connectivity index (χ0) is 18.8. The van der Waals surface area contributed by atoms with E-state index >= 15 is 0 Å². The molecule has 0 saturated heterocycles. The molecule has 1 aliphatic rings. The third kappa shape index (κ3) is 3.80. The Bertz CT molecular complexity index is 1010. The minimum Gasteiger partial charge on any atom is -0.454 e. The monoisotopic (exact) mass is 381 g/mol. The second-order valence-electron chi connectivity index (χ2n) is 6.04. The van der Waals surface area contributed by atoms with Crippen molar-refractivity contribution in [2.24, 2.45) is 0 Å². The molecule has 136 valence electrons. The predicted molar refractivity (Wildman–Crippen MR) is 104 cm³/mol. The molecule has 4 rings (SSSR count). The Hall–Kier alpha value is -3.25. The summed E-state index contributed by atoms with van der Waals surface area (Å²) >= 11 is 6.13. The molecular weight excluding hydrogens is 366 g/mol. The fraction of sp³-hybridized carbons (Fsp3) is 0.100. The van der Waals surface area contributed by atoms with Crippen LogP contribution in [-0.4, -0.2) is 17.7 Å². The van der Waals surface area contributed by atoms with Gasteiger partial charge in [-0.3, -0.25) is 4.79 Å². The fourth-order valence-electron chi connectivity index (χ4n) is 2.61. The zero-order valence-corrected chi connectivity index (χ0v) is 15.2. The van der Waals surface area contributed by atoms with E-state index in [1.807, 2.05) is 25.1 Å². The van der Waals surface area contributed by atoms with E-state index in [-0.39, 0.29) is 12.7 Å². The molecule has 6 nitrogen and oxygen atoms in total. The highest BCUT2D eigenvalue weighted by molar-refractivity contribution is 6.31. The van der Waals surface area contributed by atoms with Gasteiger partial charge >= 0.3 is 0 Å². The number of halogens is 1. The van der Waals surface area contributed by atoms with Crippen molar-refractivity contribution in [3.63, 3.8) is 0 Å². The first kappa shape index (κ1) is 17.2. The largest absolute Gasteiger partial charge is 0.454 e. The predicted octanol–water partition coefficient (Wildman–Crippen LogP) is 4.77. The highest BCUT2D eigenvalue weighted by Crippen LogP contribution is 2.34. The Kier molecular flexibility index (Phi) is 4.56. The summed E-state index contributed by atoms with van der Waals surface area (Å²) in [5.41, 5.74) is 3.54. The standard InChI is InChI=1S/C20H16ClN3O3/c1-12-2-3-13(8-16(12)21)23-15-4-6-17(22-10-15)20(25)24-14-5-7-18-19(9-14)27-11-26-18/h2-10,23H,11H2,1H3,(H,24,25). The lowest BCUT2D eigenvalue weighted by Crippen LogP contribution is -2.13. The van der Waals surface area contributed by atoms with E-state index in [0.717, 1.165) is 16.9 Å². The molecule has 0 unspecified atom stereocenters. The van der Waals surface area contributed by atoms with Gasteiger partial charge in [0.05, 0.1) is 11.9 Å². The van der Waals surface area contributed by atoms with Crippen molar-refractivity contribution in [3.8, 4) is 11.5 Å². The van der Waals surface area contributed by atoms with E-state index in [0.29, 0.717) is 27.9 Å². The molecule has 0 radical (unpaired) electrons. The average molecular weight is 382 g/mol. The average Bonchev–Trinajstić information content (AvgIpc) is 3.13. The second-order valence-corrected chi connectivity index (χ2v) is 6.45. The summed E-state index contributed by atoms with van der Waals surface area (Å²) in [4.78, 5) is 16.6. The lowest BCUT2D eigenvalue weighted by molar-refractivity contribution is 0.102. The highest BCUT2D eigenvalue weighted by Gasteiger charge is 2.15. The van der Waals surface area contributed by atoms with Gasteiger partial charge in [0.2, 0.25) is 6.79 Å². The first-order valence-corrected chi connectivity index (χ1v) is 8.66. The molecule has 2 heterocycles. The van der Waals surface area contributed by atoms with Gasteiger partial charge in [-0.1, -0.05) is 17.7 Å². The summed E-state index contributed by atoms with van der Waals surface area (Å²) < 4.78 is 10.6. The van der Waals surface area contributed by atoms with E-state index in [4.69, 9.17) is 21.1 Å². The van der Waals surface area contributed by atoms with E-state index in [1.54, 1.807) is 36.5 Å². The van der Waals surface area contributed by atoms with E-state index in [1.165, 1.54) is 0 Å². The van der Waals surface area contributed by atoms with Crippen LogP contribution < -0.4 is 20.1 Å². The van der Waals surface area contributed by atoms with Crippen LogP contribution in [0.2, 0.25) is 5.02 Å². The highest BCUT2D eigenvalue weighted by atomic mass is 35.5. The summed E-state index contributed by atoms with van der Waals surface area (Å²) in [6.45, 7) is 2.14. The molecule has 0 aliphatic carbocycles. The molecule has 2 N–H and O–H groups in total. The smallest absolute Gasteiger partial charge is 0.274 e. The van der Waals surface area contributed by atoms with Crippen molar-refractivity contribution in [3.05, 3.63) is 71.0 Å². The van der Waals surface area contributed by atoms with Crippen LogP contribution >= 0.6 is 11.6 Å². The van der Waals surface area contributed by atoms with Crippen LogP contribution in [-0.2, 0) is 0 Å². The Morgan fingerprint density at radius 3 is 2.56 bits per heavy atom. The lowest BCUT2D eigenvalue weighted by Gasteiger charge is -2.09. The van der Waals surface area contributed by atoms with Crippen molar-refractivity contribution >= 4 is 34.6 Å². The lowest BCUT2D eigenvalue weighted by atomic mass is 10.2. The van der Waals surface area contributed by atoms with Gasteiger partial charge in [-0.15, -0.1) is 0 Å². The minimum atomic E-state index is -0.307. The summed E-state index contributed by atoms with van der Waals surface area (Å²) in [5.74, 6) is 0.966. The number of benzene rings is 2. The van der Waals surface area contributed by atoms with Crippen molar-refractivity contribution in [1.82, 2.24) is 4.98 Å². The Morgan fingerprint density at radius 1 is 1.00 bits per heavy atom. The molecule has 27 heavy (non-hydrogen) atoms. The van der Waals surface area contributed by atoms with Crippen LogP contribution in [0.5, 0.6) is 11.5 Å². The number of amides is 1. The van der Waals surface area contributed by atoms with Crippen molar-refractivity contribution in [2.75, 3.05) is 17.4 Å². The molecule has 7 heteroatoms. The van der Waals surface area contributed by atoms with Crippen molar-refractivity contribution < 1.29 is 14.3 Å². The summed E-state index contributed by atoms with van der Waals surface area (Å²) in [5, 5.41) is 6.69. The number of hydrogen-bond donors (Lipinski definition) is 2. The number of hydrogen-bond acceptors (Lipinski definition) is 5. The van der Waals surface area contributed by atoms with Gasteiger partial charge < -0.3 is 20.1 Å². The first-order valence-electron chi connectivity index (χ1n) is 8.29. The molecular formula is C20H16ClN3O3. The second kappa shape index (κ2) is 7.17. The van der Waals surface area contributed by atoms with Crippen LogP contribution in [0.15, 0.2) is 54.7 Å². The molecule has 1 aliphatic heterocycles. The number of nitrogens with one attached hydrogen (secondary N) is 2. The fourth-order valence-corrected chi connectivity index (χ4v) is 2.79. The number of aryl methyl sites for hydroxylation is 1. The first-order chi connectivity index (χ1) is 13.1. The number of rotatable bonds is 4. The third-order valence-corrected chi connectivity index (χ3v) is 4.49. The number of carbonyl (C=O) groups is 1. The number of ether oxygens (including phenoxy) is 2. The molecule has 0 saturated carbocycles. The van der Waals surface area contributed by atoms with Crippen LogP contribution in [0.4, 0.5) is 17.1 Å². The van der Waals surface area contributed by atoms with Crippen LogP contribution in [0, 0.1) is 6.92 Å². The summed E-state index contributed by atoms with van der Waals surface area (Å²) in [6, 6.07) is 14.4. The Morgan fingerprint density at radius 2 is 1.78 bits per heavy atom. The molecule has 0 atom stereocenters. The van der Waals surface area contributed by atoms with Crippen LogP contribution in [0.25, 0.3) is 0 Å². The molecule has 0 fully saturated rings. The Labute approximate surface area is 161 Å². The van der Waals surface area contributed by atoms with Crippen molar-refractivity contribution in [1.29, 1.82) is 0 Å². The Balaban J connectivity index is 1.43. The number of fused-ring (bicyclic) bond motifs is 1. The molecule has 1 aromatic heterocycles. The minimum absolute atomic E-state index is 0.189. The maximum Gasteiger partial charge on any atom is 0.274 e. The van der Waals surface area contributed by atoms with Crippen LogP contribution in [0.3, 0.4) is 0 Å². The van der Waals surface area contributed by atoms with Gasteiger partial charge in [0, 0.05) is 22.5 Å². The number of pyridine rings is 1. The molecule has 3 aromatic rings. The molecule has 1 amide bonds. The van der Waals surface area contributed by atoms with Gasteiger partial charge in [-0.2, -0.15) is 0 Å². The molecule has 0 spiro atoms. The number of anilines is 3. The van der Waals surface area contributed by atoms with Gasteiger partial charge in [-0.05, 0) is 48.9 Å². The summed E-state index contributed by atoms with van der Waals surface area (Å²) in [6.07, 6.45) is 1.60. The normalized spacial score (nSPS) is 11.9. The summed E-state index contributed by atoms with van der Waals surface area (Å²) in [7, 11) is 0. The SMILES string of the molecule is Cc1ccc(Nc2ccc(C(=O)Nc3ccc4c(c3)OCO4)nc2)cc1Cl. The number of nitrogens with zero attached hydrogens (tertiary/aromatic N) is 1. The van der Waals surface area contributed by atoms with E-state index < -0.39 is 0 Å².